The van der Waals surface area contributed by atoms with Gasteiger partial charge in [0.05, 0.1) is 0 Å². The summed E-state index contributed by atoms with van der Waals surface area (Å²) in [6.07, 6.45) is 0. The number of thiophene rings is 1. The zero-order chi connectivity index (χ0) is 34.6. The lowest BCUT2D eigenvalue weighted by Gasteiger charge is -2.25. The molecule has 0 amide bonds. The molecule has 52 heavy (non-hydrogen) atoms. The molecule has 2 heteroatoms. The van der Waals surface area contributed by atoms with Gasteiger partial charge >= 0.3 is 0 Å². The SMILES string of the molecule is CC1(C)c2ccccc2-c2ccc(C(c3ccccc3)c3cccc4oc5c6ccccc6c(-c6ccc7sc8ccccc8c7c6)cc5c34)cc21. The third-order valence-electron chi connectivity index (χ3n) is 11.6. The van der Waals surface area contributed by atoms with E-state index in [0.29, 0.717) is 0 Å². The van der Waals surface area contributed by atoms with Crippen LogP contribution in [0.4, 0.5) is 0 Å². The van der Waals surface area contributed by atoms with Gasteiger partial charge in [-0.1, -0.05) is 147 Å². The summed E-state index contributed by atoms with van der Waals surface area (Å²) in [6, 6.07) is 60.6. The van der Waals surface area contributed by atoms with E-state index >= 15 is 0 Å². The molecule has 2 heterocycles. The predicted molar refractivity (Wildman–Crippen MR) is 221 cm³/mol. The van der Waals surface area contributed by atoms with Crippen molar-refractivity contribution in [2.45, 2.75) is 25.2 Å². The van der Waals surface area contributed by atoms with Crippen molar-refractivity contribution in [2.24, 2.45) is 0 Å². The minimum Gasteiger partial charge on any atom is -0.455 e. The molecule has 0 N–H and O–H groups in total. The van der Waals surface area contributed by atoms with Crippen LogP contribution in [0.1, 0.15) is 47.6 Å². The lowest BCUT2D eigenvalue weighted by atomic mass is 9.78. The quantitative estimate of drug-likeness (QED) is 0.168. The van der Waals surface area contributed by atoms with E-state index in [1.54, 1.807) is 0 Å². The van der Waals surface area contributed by atoms with E-state index in [-0.39, 0.29) is 11.3 Å². The molecule has 2 aromatic heterocycles. The van der Waals surface area contributed by atoms with Crippen LogP contribution in [0.5, 0.6) is 0 Å². The fourth-order valence-electron chi connectivity index (χ4n) is 9.15. The van der Waals surface area contributed by atoms with Crippen LogP contribution in [0.2, 0.25) is 0 Å². The smallest absolute Gasteiger partial charge is 0.143 e. The Morgan fingerprint density at radius 1 is 0.481 bits per heavy atom. The number of hydrogen-bond acceptors (Lipinski definition) is 2. The maximum Gasteiger partial charge on any atom is 0.143 e. The zero-order valence-electron chi connectivity index (χ0n) is 29.0. The third kappa shape index (κ3) is 4.22. The first-order valence-electron chi connectivity index (χ1n) is 18.1. The van der Waals surface area contributed by atoms with Gasteiger partial charge in [0.25, 0.3) is 0 Å². The molecule has 0 saturated heterocycles. The third-order valence-corrected chi connectivity index (χ3v) is 12.8. The first kappa shape index (κ1) is 29.7. The topological polar surface area (TPSA) is 13.1 Å². The summed E-state index contributed by atoms with van der Waals surface area (Å²) in [5, 5.41) is 7.31. The summed E-state index contributed by atoms with van der Waals surface area (Å²) in [6.45, 7) is 4.73. The summed E-state index contributed by atoms with van der Waals surface area (Å²) in [4.78, 5) is 0. The van der Waals surface area contributed by atoms with Gasteiger partial charge in [-0.3, -0.25) is 0 Å². The predicted octanol–water partition coefficient (Wildman–Crippen LogP) is 14.3. The van der Waals surface area contributed by atoms with E-state index in [9.17, 15) is 0 Å². The Hall–Kier alpha value is -5.96. The van der Waals surface area contributed by atoms with Crippen molar-refractivity contribution < 1.29 is 4.42 Å². The van der Waals surface area contributed by atoms with Crippen molar-refractivity contribution in [1.82, 2.24) is 0 Å². The molecule has 0 spiro atoms. The fraction of sp³-hybridized carbons (Fsp3) is 0.0800. The molecule has 10 aromatic rings. The van der Waals surface area contributed by atoms with Crippen molar-refractivity contribution in [2.75, 3.05) is 0 Å². The molecule has 1 aliphatic rings. The van der Waals surface area contributed by atoms with Gasteiger partial charge in [-0.15, -0.1) is 11.3 Å². The molecule has 0 bridgehead atoms. The summed E-state index contributed by atoms with van der Waals surface area (Å²) >= 11 is 1.86. The molecule has 1 atom stereocenters. The summed E-state index contributed by atoms with van der Waals surface area (Å²) in [5.41, 5.74) is 13.5. The van der Waals surface area contributed by atoms with Gasteiger partial charge in [-0.25, -0.2) is 0 Å². The molecule has 0 aliphatic heterocycles. The lowest BCUT2D eigenvalue weighted by Crippen LogP contribution is -2.15. The van der Waals surface area contributed by atoms with Crippen molar-refractivity contribution >= 4 is 64.2 Å². The second kappa shape index (κ2) is 11.0. The summed E-state index contributed by atoms with van der Waals surface area (Å²) in [7, 11) is 0. The van der Waals surface area contributed by atoms with Crippen LogP contribution in [-0.4, -0.2) is 0 Å². The number of fused-ring (bicyclic) bond motifs is 11. The highest BCUT2D eigenvalue weighted by Crippen LogP contribution is 2.51. The van der Waals surface area contributed by atoms with Crippen molar-refractivity contribution in [1.29, 1.82) is 0 Å². The van der Waals surface area contributed by atoms with Crippen LogP contribution in [0.15, 0.2) is 168 Å². The highest BCUT2D eigenvalue weighted by atomic mass is 32.1. The second-order valence-corrected chi connectivity index (χ2v) is 15.9. The largest absolute Gasteiger partial charge is 0.455 e. The first-order valence-corrected chi connectivity index (χ1v) is 18.9. The van der Waals surface area contributed by atoms with Gasteiger partial charge in [0.1, 0.15) is 11.2 Å². The molecular formula is C50H34OS. The Kier molecular flexibility index (Phi) is 6.30. The monoisotopic (exact) mass is 682 g/mol. The molecule has 8 aromatic carbocycles. The maximum absolute atomic E-state index is 6.89. The van der Waals surface area contributed by atoms with Gasteiger partial charge in [0.2, 0.25) is 0 Å². The van der Waals surface area contributed by atoms with Gasteiger partial charge in [-0.2, -0.15) is 0 Å². The van der Waals surface area contributed by atoms with Crippen LogP contribution < -0.4 is 0 Å². The van der Waals surface area contributed by atoms with Crippen LogP contribution in [0, 0.1) is 0 Å². The Morgan fingerprint density at radius 2 is 1.21 bits per heavy atom. The second-order valence-electron chi connectivity index (χ2n) is 14.8. The minimum absolute atomic E-state index is 0.0129. The normalized spacial score (nSPS) is 14.0. The van der Waals surface area contributed by atoms with Gasteiger partial charge in [0, 0.05) is 47.7 Å². The van der Waals surface area contributed by atoms with Crippen molar-refractivity contribution in [3.8, 4) is 22.3 Å². The molecule has 0 saturated carbocycles. The standard InChI is InChI=1S/C50H34OS/c1-50(2)42-20-10-8-16-34(42)35-25-23-32(28-43(35)50)47(30-13-4-3-5-14-30)38-19-12-21-44-48(38)41-29-39(33-15-6-7-18-37(33)49(41)51-44)31-24-26-46-40(27-31)36-17-9-11-22-45(36)52-46/h3-29,47H,1-2H3. The Bertz CT molecular complexity index is 3050. The molecule has 11 rings (SSSR count). The van der Waals surface area contributed by atoms with Gasteiger partial charge in [-0.05, 0) is 85.8 Å². The van der Waals surface area contributed by atoms with Crippen LogP contribution in [0.3, 0.4) is 0 Å². The lowest BCUT2D eigenvalue weighted by molar-refractivity contribution is 0.659. The van der Waals surface area contributed by atoms with E-state index in [0.717, 1.165) is 21.9 Å². The fourth-order valence-corrected chi connectivity index (χ4v) is 10.2. The number of hydrogen-bond donors (Lipinski definition) is 0. The minimum atomic E-state index is -0.0831. The van der Waals surface area contributed by atoms with Crippen LogP contribution in [0.25, 0.3) is 75.1 Å². The molecule has 1 nitrogen and oxygen atoms in total. The Morgan fingerprint density at radius 3 is 2.10 bits per heavy atom. The Balaban J connectivity index is 1.18. The van der Waals surface area contributed by atoms with E-state index < -0.39 is 0 Å². The average molecular weight is 683 g/mol. The first-order chi connectivity index (χ1) is 25.5. The highest BCUT2D eigenvalue weighted by molar-refractivity contribution is 7.25. The van der Waals surface area contributed by atoms with E-state index in [4.69, 9.17) is 4.42 Å². The van der Waals surface area contributed by atoms with E-state index in [1.165, 1.54) is 81.0 Å². The van der Waals surface area contributed by atoms with Crippen LogP contribution in [-0.2, 0) is 5.41 Å². The van der Waals surface area contributed by atoms with E-state index in [1.807, 2.05) is 11.3 Å². The van der Waals surface area contributed by atoms with E-state index in [2.05, 4.69) is 178 Å². The molecule has 0 radical (unpaired) electrons. The van der Waals surface area contributed by atoms with Gasteiger partial charge in [0.15, 0.2) is 0 Å². The maximum atomic E-state index is 6.89. The zero-order valence-corrected chi connectivity index (χ0v) is 29.8. The van der Waals surface area contributed by atoms with Crippen molar-refractivity contribution in [3.05, 3.63) is 192 Å². The molecule has 246 valence electrons. The van der Waals surface area contributed by atoms with Gasteiger partial charge < -0.3 is 4.42 Å². The summed E-state index contributed by atoms with van der Waals surface area (Å²) in [5.74, 6) is 0.0129. The molecular weight excluding hydrogens is 649 g/mol. The molecule has 1 aliphatic carbocycles. The number of furan rings is 1. The highest BCUT2D eigenvalue weighted by Gasteiger charge is 2.36. The molecule has 1 unspecified atom stereocenters. The average Bonchev–Trinajstić information content (AvgIpc) is 3.83. The summed E-state index contributed by atoms with van der Waals surface area (Å²) < 4.78 is 9.53. The number of benzene rings is 8. The number of rotatable bonds is 4. The van der Waals surface area contributed by atoms with Crippen molar-refractivity contribution in [3.63, 3.8) is 0 Å². The van der Waals surface area contributed by atoms with Crippen LogP contribution >= 0.6 is 11.3 Å². The Labute approximate surface area is 306 Å². The molecule has 0 fully saturated rings.